The van der Waals surface area contributed by atoms with Crippen LogP contribution in [-0.2, 0) is 4.79 Å². The number of anilines is 2. The molecule has 1 atom stereocenters. The zero-order valence-electron chi connectivity index (χ0n) is 18.6. The Labute approximate surface area is 191 Å². The number of allylic oxidation sites excluding steroid dienone is 1. The molecule has 1 aliphatic rings. The summed E-state index contributed by atoms with van der Waals surface area (Å²) in [6.07, 6.45) is 0. The number of nitrogens with one attached hydrogen (secondary N) is 2. The number of aromatic nitrogens is 2. The van der Waals surface area contributed by atoms with E-state index in [0.29, 0.717) is 17.2 Å². The van der Waals surface area contributed by atoms with Gasteiger partial charge in [0.1, 0.15) is 11.5 Å². The summed E-state index contributed by atoms with van der Waals surface area (Å²) < 4.78 is 12.6. The Bertz CT molecular complexity index is 1350. The maximum absolute atomic E-state index is 13.6. The fourth-order valence-electron chi connectivity index (χ4n) is 4.23. The second-order valence-electron chi connectivity index (χ2n) is 7.82. The van der Waals surface area contributed by atoms with E-state index < -0.39 is 0 Å². The van der Waals surface area contributed by atoms with Crippen molar-refractivity contribution in [3.05, 3.63) is 89.6 Å². The van der Waals surface area contributed by atoms with Gasteiger partial charge in [-0.25, -0.2) is 4.98 Å². The molecule has 2 heterocycles. The van der Waals surface area contributed by atoms with E-state index in [2.05, 4.69) is 15.2 Å². The molecule has 1 aromatic heterocycles. The van der Waals surface area contributed by atoms with Crippen LogP contribution >= 0.6 is 0 Å². The molecule has 0 spiro atoms. The van der Waals surface area contributed by atoms with Crippen molar-refractivity contribution in [2.45, 2.75) is 13.0 Å². The number of carbonyl (C=O) groups excluding carboxylic acids is 1. The molecule has 33 heavy (non-hydrogen) atoms. The first-order chi connectivity index (χ1) is 16.1. The van der Waals surface area contributed by atoms with Gasteiger partial charge in [0.05, 0.1) is 36.9 Å². The van der Waals surface area contributed by atoms with E-state index >= 15 is 0 Å². The van der Waals surface area contributed by atoms with Crippen LogP contribution in [0.25, 0.3) is 11.0 Å². The smallest absolute Gasteiger partial charge is 0.255 e. The summed E-state index contributed by atoms with van der Waals surface area (Å²) in [5.41, 5.74) is 4.83. The van der Waals surface area contributed by atoms with Gasteiger partial charge in [-0.05, 0) is 61.0 Å². The number of fused-ring (bicyclic) bond motifs is 3. The van der Waals surface area contributed by atoms with E-state index in [1.165, 1.54) is 0 Å². The number of hydrogen-bond donors (Lipinski definition) is 2. The van der Waals surface area contributed by atoms with Gasteiger partial charge in [0.2, 0.25) is 5.95 Å². The summed E-state index contributed by atoms with van der Waals surface area (Å²) in [4.78, 5) is 18.4. The lowest BCUT2D eigenvalue weighted by Gasteiger charge is -2.30. The van der Waals surface area contributed by atoms with Crippen LogP contribution in [0.2, 0.25) is 0 Å². The van der Waals surface area contributed by atoms with Crippen molar-refractivity contribution in [2.24, 2.45) is 0 Å². The molecule has 1 amide bonds. The average Bonchev–Trinajstić information content (AvgIpc) is 3.21. The van der Waals surface area contributed by atoms with E-state index in [0.717, 1.165) is 33.8 Å². The van der Waals surface area contributed by atoms with E-state index in [4.69, 9.17) is 14.5 Å². The van der Waals surface area contributed by atoms with Gasteiger partial charge >= 0.3 is 0 Å². The van der Waals surface area contributed by atoms with Gasteiger partial charge < -0.3 is 20.1 Å². The van der Waals surface area contributed by atoms with Gasteiger partial charge in [0, 0.05) is 11.4 Å². The molecular weight excluding hydrogens is 416 g/mol. The lowest BCUT2D eigenvalue weighted by molar-refractivity contribution is -0.113. The molecule has 3 aromatic carbocycles. The predicted octanol–water partition coefficient (Wildman–Crippen LogP) is 4.98. The molecule has 2 N–H and O–H groups in total. The van der Waals surface area contributed by atoms with Gasteiger partial charge in [-0.2, -0.15) is 0 Å². The monoisotopic (exact) mass is 440 g/mol. The average molecular weight is 441 g/mol. The molecule has 0 bridgehead atoms. The minimum Gasteiger partial charge on any atom is -0.497 e. The first-order valence-corrected chi connectivity index (χ1v) is 10.6. The number of rotatable bonds is 5. The second kappa shape index (κ2) is 8.35. The highest BCUT2D eigenvalue weighted by atomic mass is 16.5. The van der Waals surface area contributed by atoms with Crippen molar-refractivity contribution >= 4 is 28.6 Å². The quantitative estimate of drug-likeness (QED) is 0.458. The van der Waals surface area contributed by atoms with E-state index in [-0.39, 0.29) is 11.9 Å². The Morgan fingerprint density at radius 2 is 1.58 bits per heavy atom. The Balaban J connectivity index is 1.61. The van der Waals surface area contributed by atoms with Crippen LogP contribution in [0, 0.1) is 0 Å². The van der Waals surface area contributed by atoms with Crippen LogP contribution in [-0.4, -0.2) is 29.7 Å². The predicted molar refractivity (Wildman–Crippen MR) is 129 cm³/mol. The first kappa shape index (κ1) is 20.6. The molecule has 7 heteroatoms. The van der Waals surface area contributed by atoms with Gasteiger partial charge in [0.25, 0.3) is 5.91 Å². The molecule has 166 valence electrons. The number of para-hydroxylation sites is 2. The summed E-state index contributed by atoms with van der Waals surface area (Å²) in [5.74, 6) is 2.01. The van der Waals surface area contributed by atoms with Crippen molar-refractivity contribution in [2.75, 3.05) is 24.9 Å². The summed E-state index contributed by atoms with van der Waals surface area (Å²) in [6.45, 7) is 1.91. The number of carbonyl (C=O) groups is 1. The Morgan fingerprint density at radius 3 is 2.24 bits per heavy atom. The maximum atomic E-state index is 13.6. The maximum Gasteiger partial charge on any atom is 0.255 e. The Kier molecular flexibility index (Phi) is 5.22. The summed E-state index contributed by atoms with van der Waals surface area (Å²) >= 11 is 0. The number of methoxy groups -OCH3 is 2. The minimum absolute atomic E-state index is 0.186. The first-order valence-electron chi connectivity index (χ1n) is 10.6. The zero-order valence-corrected chi connectivity index (χ0v) is 18.6. The Morgan fingerprint density at radius 1 is 0.939 bits per heavy atom. The lowest BCUT2D eigenvalue weighted by atomic mass is 9.94. The third-order valence-corrected chi connectivity index (χ3v) is 5.85. The number of imidazole rings is 1. The molecule has 1 unspecified atom stereocenters. The number of amides is 1. The molecular formula is C26H24N4O3. The van der Waals surface area contributed by atoms with Crippen molar-refractivity contribution in [1.29, 1.82) is 0 Å². The highest BCUT2D eigenvalue weighted by Gasteiger charge is 2.34. The highest BCUT2D eigenvalue weighted by Crippen LogP contribution is 2.39. The Hall–Kier alpha value is -4.26. The van der Waals surface area contributed by atoms with Gasteiger partial charge in [-0.15, -0.1) is 0 Å². The highest BCUT2D eigenvalue weighted by molar-refractivity contribution is 6.06. The van der Waals surface area contributed by atoms with Crippen LogP contribution in [0.5, 0.6) is 11.5 Å². The van der Waals surface area contributed by atoms with Crippen molar-refractivity contribution in [3.8, 4) is 11.5 Å². The van der Waals surface area contributed by atoms with Crippen LogP contribution in [0.15, 0.2) is 84.1 Å². The molecule has 1 aliphatic heterocycles. The summed E-state index contributed by atoms with van der Waals surface area (Å²) in [6, 6.07) is 22.6. The SMILES string of the molecule is COc1ccc(NC(=O)C2=C(C)Nc3nc4ccccc4n3C2c2ccc(OC)cc2)cc1. The van der Waals surface area contributed by atoms with Crippen LogP contribution < -0.4 is 20.1 Å². The normalized spacial score (nSPS) is 15.1. The molecule has 0 saturated carbocycles. The van der Waals surface area contributed by atoms with Crippen molar-refractivity contribution < 1.29 is 14.3 Å². The molecule has 4 aromatic rings. The molecule has 0 saturated heterocycles. The van der Waals surface area contributed by atoms with Gasteiger partial charge in [-0.3, -0.25) is 9.36 Å². The van der Waals surface area contributed by atoms with Crippen molar-refractivity contribution in [3.63, 3.8) is 0 Å². The van der Waals surface area contributed by atoms with Crippen LogP contribution in [0.3, 0.4) is 0 Å². The van der Waals surface area contributed by atoms with Crippen LogP contribution in [0.4, 0.5) is 11.6 Å². The van der Waals surface area contributed by atoms with Gasteiger partial charge in [-0.1, -0.05) is 24.3 Å². The largest absolute Gasteiger partial charge is 0.497 e. The topological polar surface area (TPSA) is 77.4 Å². The zero-order chi connectivity index (χ0) is 22.9. The second-order valence-corrected chi connectivity index (χ2v) is 7.82. The number of benzene rings is 3. The molecule has 5 rings (SSSR count). The number of nitrogens with zero attached hydrogens (tertiary/aromatic N) is 2. The van der Waals surface area contributed by atoms with E-state index in [1.807, 2.05) is 79.7 Å². The molecule has 0 radical (unpaired) electrons. The molecule has 7 nitrogen and oxygen atoms in total. The fourth-order valence-corrected chi connectivity index (χ4v) is 4.23. The number of hydrogen-bond acceptors (Lipinski definition) is 5. The minimum atomic E-state index is -0.363. The summed E-state index contributed by atoms with van der Waals surface area (Å²) in [5, 5.41) is 6.37. The third kappa shape index (κ3) is 3.67. The van der Waals surface area contributed by atoms with E-state index in [9.17, 15) is 4.79 Å². The standard InChI is InChI=1S/C26H24N4O3/c1-16-23(25(31)28-18-10-14-20(33-3)15-11-18)24(17-8-12-19(32-2)13-9-17)30-22-7-5-4-6-21(22)29-26(30)27-16/h4-15,24H,1-3H3,(H,27,29)(H,28,31). The van der Waals surface area contributed by atoms with Crippen molar-refractivity contribution in [1.82, 2.24) is 9.55 Å². The number of ether oxygens (including phenoxy) is 2. The fraction of sp³-hybridized carbons (Fsp3) is 0.154. The van der Waals surface area contributed by atoms with Gasteiger partial charge in [0.15, 0.2) is 0 Å². The van der Waals surface area contributed by atoms with E-state index in [1.54, 1.807) is 14.2 Å². The lowest BCUT2D eigenvalue weighted by Crippen LogP contribution is -2.30. The third-order valence-electron chi connectivity index (χ3n) is 5.85. The summed E-state index contributed by atoms with van der Waals surface area (Å²) in [7, 11) is 3.25. The van der Waals surface area contributed by atoms with Crippen LogP contribution in [0.1, 0.15) is 18.5 Å². The molecule has 0 fully saturated rings. The molecule has 0 aliphatic carbocycles.